The van der Waals surface area contributed by atoms with Crippen molar-refractivity contribution in [2.75, 3.05) is 25.4 Å². The highest BCUT2D eigenvalue weighted by atomic mass is 32.3. The van der Waals surface area contributed by atoms with Gasteiger partial charge in [-0.25, -0.2) is 9.78 Å². The monoisotopic (exact) mass is 653 g/mol. The summed E-state index contributed by atoms with van der Waals surface area (Å²) in [5.41, 5.74) is 5.09. The van der Waals surface area contributed by atoms with Crippen LogP contribution < -0.4 is 16.4 Å². The van der Waals surface area contributed by atoms with Gasteiger partial charge in [0.15, 0.2) is 16.6 Å². The van der Waals surface area contributed by atoms with Crippen LogP contribution in [0.25, 0.3) is 0 Å². The number of carbonyl (C=O) groups is 3. The third-order valence-electron chi connectivity index (χ3n) is 7.46. The summed E-state index contributed by atoms with van der Waals surface area (Å²) in [4.78, 5) is 49.0. The van der Waals surface area contributed by atoms with Gasteiger partial charge in [-0.3, -0.25) is 14.1 Å². The van der Waals surface area contributed by atoms with Gasteiger partial charge in [-0.1, -0.05) is 5.16 Å². The quantitative estimate of drug-likeness (QED) is 0.0765. The molecule has 1 aromatic rings. The highest BCUT2D eigenvalue weighted by Crippen LogP contribution is 2.40. The van der Waals surface area contributed by atoms with E-state index in [-0.39, 0.29) is 17.0 Å². The average Bonchev–Trinajstić information content (AvgIpc) is 3.54. The number of amides is 1. The predicted molar refractivity (Wildman–Crippen MR) is 153 cm³/mol. The van der Waals surface area contributed by atoms with Gasteiger partial charge in [0.25, 0.3) is 12.0 Å². The van der Waals surface area contributed by atoms with Crippen LogP contribution in [0.3, 0.4) is 0 Å². The second kappa shape index (κ2) is 12.2. The first kappa shape index (κ1) is 31.4. The van der Waals surface area contributed by atoms with Gasteiger partial charge in [-0.05, 0) is 51.4 Å². The molecular formula is C25H31N7O10S2. The Morgan fingerprint density at radius 1 is 1.32 bits per heavy atom. The maximum absolute atomic E-state index is 13.3. The van der Waals surface area contributed by atoms with Crippen LogP contribution in [0.5, 0.6) is 0 Å². The topological polar surface area (TPSA) is 235 Å². The molecule has 3 atom stereocenters. The Bertz CT molecular complexity index is 1560. The molecule has 0 radical (unpaired) electrons. The molecule has 4 aliphatic heterocycles. The second-order valence-corrected chi connectivity index (χ2v) is 12.9. The number of β-lactam (4-membered cyclic amide) rings is 1. The lowest BCUT2D eigenvalue weighted by molar-refractivity contribution is -0.228. The zero-order valence-electron chi connectivity index (χ0n) is 23.6. The number of carboxylic acid groups (broad SMARTS) is 1. The summed E-state index contributed by atoms with van der Waals surface area (Å²) in [6.07, 6.45) is 6.02. The molecule has 4 aliphatic rings. The van der Waals surface area contributed by atoms with Gasteiger partial charge in [0.1, 0.15) is 24.2 Å². The Morgan fingerprint density at radius 3 is 2.66 bits per heavy atom. The average molecular weight is 654 g/mol. The number of nitrogens with two attached hydrogens (primary N) is 1. The molecule has 17 nitrogen and oxygen atoms in total. The summed E-state index contributed by atoms with van der Waals surface area (Å²) in [7, 11) is -4.98. The van der Waals surface area contributed by atoms with E-state index in [4.69, 9.17) is 19.9 Å². The van der Waals surface area contributed by atoms with Gasteiger partial charge >= 0.3 is 16.4 Å². The number of thiazole rings is 1. The number of hydrogen-bond acceptors (Lipinski definition) is 15. The lowest BCUT2D eigenvalue weighted by atomic mass is 9.74. The molecule has 1 aromatic heterocycles. The molecule has 0 saturated carbocycles. The minimum atomic E-state index is -4.98. The van der Waals surface area contributed by atoms with E-state index in [1.165, 1.54) is 19.2 Å². The summed E-state index contributed by atoms with van der Waals surface area (Å²) in [6.45, 7) is 4.37. The molecule has 2 saturated heterocycles. The molecule has 5 rings (SSSR count). The van der Waals surface area contributed by atoms with Crippen LogP contribution in [-0.4, -0.2) is 93.9 Å². The number of rotatable bonds is 14. The highest BCUT2D eigenvalue weighted by molar-refractivity contribution is 7.80. The van der Waals surface area contributed by atoms with Crippen molar-refractivity contribution in [1.29, 1.82) is 0 Å². The largest absolute Gasteiger partial charge is 0.487 e. The van der Waals surface area contributed by atoms with Crippen LogP contribution >= 0.6 is 11.3 Å². The van der Waals surface area contributed by atoms with Gasteiger partial charge in [0.2, 0.25) is 0 Å². The van der Waals surface area contributed by atoms with Crippen LogP contribution in [0.1, 0.15) is 32.4 Å². The van der Waals surface area contributed by atoms with E-state index in [2.05, 4.69) is 25.1 Å². The zero-order valence-corrected chi connectivity index (χ0v) is 25.2. The fourth-order valence-electron chi connectivity index (χ4n) is 4.92. The molecule has 0 aromatic carbocycles. The van der Waals surface area contributed by atoms with Gasteiger partial charge < -0.3 is 35.9 Å². The van der Waals surface area contributed by atoms with E-state index in [0.29, 0.717) is 16.7 Å². The first-order chi connectivity index (χ1) is 20.7. The number of allylic oxidation sites excluding steroid dienone is 2. The molecule has 5 heterocycles. The van der Waals surface area contributed by atoms with Crippen molar-refractivity contribution in [3.63, 3.8) is 0 Å². The third-order valence-corrected chi connectivity index (χ3v) is 8.47. The van der Waals surface area contributed by atoms with Crippen molar-refractivity contribution in [2.45, 2.75) is 44.5 Å². The molecule has 0 aliphatic carbocycles. The lowest BCUT2D eigenvalue weighted by Crippen LogP contribution is -2.68. The number of hydrogen-bond donors (Lipinski definition) is 5. The standard InChI is InChI=1S/C25H31N7O10S2/c1-25(2)16(22(34)32(25)42-44(37,38)39)6-18(33)21(17-12-43-24(26)29-17)30-41-19(23(35)36)11-40-15-3-4-20-28-14(9-31(20)10-15)5-13-7-27-8-13/h3-4,9-10,12-13,16,19-20,27-28H,5-8,11H2,1-2H3,(H2,26,29)(H,35,36)(H,37,38,39)/b30-21-/t16-,19+,20?/m1/s1. The van der Waals surface area contributed by atoms with E-state index in [9.17, 15) is 27.9 Å². The zero-order chi connectivity index (χ0) is 31.8. The van der Waals surface area contributed by atoms with Crippen molar-refractivity contribution < 1.29 is 46.3 Å². The minimum absolute atomic E-state index is 0.0102. The summed E-state index contributed by atoms with van der Waals surface area (Å²) in [5, 5.41) is 22.2. The summed E-state index contributed by atoms with van der Waals surface area (Å²) >= 11 is 0.995. The number of aromatic nitrogens is 1. The van der Waals surface area contributed by atoms with Gasteiger partial charge in [-0.15, -0.1) is 15.6 Å². The number of fused-ring (bicyclic) bond motifs is 1. The number of nitrogen functional groups attached to an aromatic ring is 1. The van der Waals surface area contributed by atoms with Crippen LogP contribution in [0.4, 0.5) is 5.13 Å². The van der Waals surface area contributed by atoms with Crippen molar-refractivity contribution in [1.82, 2.24) is 25.6 Å². The number of aliphatic carboxylic acids is 1. The molecular weight excluding hydrogens is 622 g/mol. The van der Waals surface area contributed by atoms with Crippen molar-refractivity contribution in [3.05, 3.63) is 47.1 Å². The lowest BCUT2D eigenvalue weighted by Gasteiger charge is -2.50. The molecule has 2 fully saturated rings. The molecule has 1 amide bonds. The number of ketones is 1. The molecule has 44 heavy (non-hydrogen) atoms. The van der Waals surface area contributed by atoms with E-state index in [0.717, 1.165) is 36.5 Å². The molecule has 0 bridgehead atoms. The fraction of sp³-hybridized carbons (Fsp3) is 0.480. The number of oxime groups is 1. The number of carboxylic acids is 1. The SMILES string of the molecule is CC1(C)[C@H](CC(=O)/C(=N\O[C@@H](COC2=CN3C=C(CC4CNC4)NC3C=C2)C(=O)O)c2csc(N)n2)C(=O)N1OS(=O)(=O)O. The van der Waals surface area contributed by atoms with Crippen LogP contribution in [0, 0.1) is 11.8 Å². The fourth-order valence-corrected chi connectivity index (χ4v) is 5.93. The number of carbonyl (C=O) groups excluding carboxylic acids is 2. The van der Waals surface area contributed by atoms with Gasteiger partial charge in [0.05, 0.1) is 11.5 Å². The number of ether oxygens (including phenoxy) is 1. The Balaban J connectivity index is 1.25. The second-order valence-electron chi connectivity index (χ2n) is 11.0. The van der Waals surface area contributed by atoms with Crippen molar-refractivity contribution >= 4 is 50.2 Å². The smallest absolute Gasteiger partial charge is 0.418 e. The maximum Gasteiger partial charge on any atom is 0.418 e. The Hall–Kier alpha value is -4.04. The number of Topliss-reactive ketones (excluding diaryl/α,β-unsaturated/α-hetero) is 1. The summed E-state index contributed by atoms with van der Waals surface area (Å²) in [6, 6.07) is 0. The summed E-state index contributed by atoms with van der Waals surface area (Å²) in [5.74, 6) is -3.14. The summed E-state index contributed by atoms with van der Waals surface area (Å²) < 4.78 is 41.2. The normalized spacial score (nSPS) is 23.5. The van der Waals surface area contributed by atoms with E-state index >= 15 is 0 Å². The number of nitrogens with zero attached hydrogens (tertiary/aromatic N) is 4. The van der Waals surface area contributed by atoms with Gasteiger partial charge in [-0.2, -0.15) is 13.5 Å². The minimum Gasteiger partial charge on any atom is -0.487 e. The molecule has 6 N–H and O–H groups in total. The van der Waals surface area contributed by atoms with Gasteiger partial charge in [0, 0.05) is 29.9 Å². The van der Waals surface area contributed by atoms with E-state index in [1.807, 2.05) is 17.2 Å². The number of hydroxylamine groups is 2. The number of anilines is 1. The van der Waals surface area contributed by atoms with Crippen molar-refractivity contribution in [3.8, 4) is 0 Å². The van der Waals surface area contributed by atoms with Crippen LogP contribution in [0.2, 0.25) is 0 Å². The predicted octanol–water partition coefficient (Wildman–Crippen LogP) is -0.0602. The number of nitrogens with one attached hydrogen (secondary N) is 2. The Kier molecular flexibility index (Phi) is 8.67. The van der Waals surface area contributed by atoms with Crippen molar-refractivity contribution in [2.24, 2.45) is 17.0 Å². The Labute approximate surface area is 255 Å². The maximum atomic E-state index is 13.3. The molecule has 238 valence electrons. The Morgan fingerprint density at radius 2 is 2.07 bits per heavy atom. The van der Waals surface area contributed by atoms with E-state index < -0.39 is 64.4 Å². The first-order valence-corrected chi connectivity index (χ1v) is 15.7. The van der Waals surface area contributed by atoms with Crippen LogP contribution in [0.15, 0.2) is 46.5 Å². The molecule has 19 heteroatoms. The third kappa shape index (κ3) is 6.86. The highest BCUT2D eigenvalue weighted by Gasteiger charge is 2.57. The molecule has 1 unspecified atom stereocenters. The first-order valence-electron chi connectivity index (χ1n) is 13.4. The van der Waals surface area contributed by atoms with Crippen LogP contribution in [-0.2, 0) is 38.6 Å². The van der Waals surface area contributed by atoms with E-state index in [1.54, 1.807) is 12.3 Å². The molecule has 0 spiro atoms.